The van der Waals surface area contributed by atoms with Gasteiger partial charge in [-0.05, 0) is 19.3 Å². The molecule has 5 heteroatoms. The van der Waals surface area contributed by atoms with Crippen molar-refractivity contribution < 1.29 is 0 Å². The zero-order valence-electron chi connectivity index (χ0n) is 11.2. The molecule has 0 spiro atoms. The van der Waals surface area contributed by atoms with Crippen molar-refractivity contribution in [2.75, 3.05) is 5.73 Å². The number of nitrogens with two attached hydrogens (primary N) is 1. The fourth-order valence-corrected chi connectivity index (χ4v) is 3.02. The van der Waals surface area contributed by atoms with Crippen LogP contribution >= 0.6 is 11.8 Å². The lowest BCUT2D eigenvalue weighted by Gasteiger charge is -2.11. The molecular weight excluding hydrogens is 244 g/mol. The topological polar surface area (TPSA) is 64.7 Å². The van der Waals surface area contributed by atoms with Crippen LogP contribution in [0.5, 0.6) is 0 Å². The van der Waals surface area contributed by atoms with E-state index in [4.69, 9.17) is 5.73 Å². The van der Waals surface area contributed by atoms with E-state index in [2.05, 4.69) is 28.8 Å². The number of nitrogen functional groups attached to an aromatic ring is 1. The van der Waals surface area contributed by atoms with E-state index in [0.717, 1.165) is 17.4 Å². The Bertz CT molecular complexity index is 391. The number of hydrogen-bond donors (Lipinski definition) is 1. The molecule has 0 bridgehead atoms. The van der Waals surface area contributed by atoms with Gasteiger partial charge in [0.05, 0.1) is 5.75 Å². The van der Waals surface area contributed by atoms with Crippen molar-refractivity contribution in [1.82, 2.24) is 15.0 Å². The SMILES string of the molecule is CCC(C)SCc1nc(N)nc(C2CCCC2)n1. The highest BCUT2D eigenvalue weighted by molar-refractivity contribution is 7.99. The van der Waals surface area contributed by atoms with Crippen LogP contribution in [-0.4, -0.2) is 20.2 Å². The zero-order valence-corrected chi connectivity index (χ0v) is 12.0. The Morgan fingerprint density at radius 3 is 2.67 bits per heavy atom. The summed E-state index contributed by atoms with van der Waals surface area (Å²) >= 11 is 1.88. The molecule has 1 heterocycles. The van der Waals surface area contributed by atoms with Crippen LogP contribution in [0.3, 0.4) is 0 Å². The van der Waals surface area contributed by atoms with Crippen LogP contribution in [0.4, 0.5) is 5.95 Å². The van der Waals surface area contributed by atoms with E-state index in [1.165, 1.54) is 32.1 Å². The van der Waals surface area contributed by atoms with E-state index < -0.39 is 0 Å². The number of thioether (sulfide) groups is 1. The van der Waals surface area contributed by atoms with Gasteiger partial charge in [0.2, 0.25) is 5.95 Å². The van der Waals surface area contributed by atoms with Crippen LogP contribution in [-0.2, 0) is 5.75 Å². The predicted molar refractivity (Wildman–Crippen MR) is 76.5 cm³/mol. The molecule has 0 amide bonds. The number of anilines is 1. The average molecular weight is 266 g/mol. The van der Waals surface area contributed by atoms with Gasteiger partial charge in [-0.15, -0.1) is 0 Å². The summed E-state index contributed by atoms with van der Waals surface area (Å²) in [5.74, 6) is 3.48. The largest absolute Gasteiger partial charge is 0.368 e. The van der Waals surface area contributed by atoms with Gasteiger partial charge in [0, 0.05) is 11.2 Å². The molecule has 1 aromatic heterocycles. The predicted octanol–water partition coefficient (Wildman–Crippen LogP) is 3.14. The monoisotopic (exact) mass is 266 g/mol. The van der Waals surface area contributed by atoms with Crippen molar-refractivity contribution in [3.63, 3.8) is 0 Å². The normalized spacial score (nSPS) is 18.1. The second-order valence-corrected chi connectivity index (χ2v) is 6.41. The van der Waals surface area contributed by atoms with Crippen molar-refractivity contribution >= 4 is 17.7 Å². The van der Waals surface area contributed by atoms with E-state index in [0.29, 0.717) is 17.1 Å². The molecule has 100 valence electrons. The number of aromatic nitrogens is 3. The molecule has 0 aromatic carbocycles. The first-order valence-electron chi connectivity index (χ1n) is 6.81. The highest BCUT2D eigenvalue weighted by Crippen LogP contribution is 2.32. The van der Waals surface area contributed by atoms with E-state index in [1.54, 1.807) is 0 Å². The Labute approximate surface area is 113 Å². The molecule has 4 nitrogen and oxygen atoms in total. The van der Waals surface area contributed by atoms with Crippen LogP contribution in [0.15, 0.2) is 0 Å². The van der Waals surface area contributed by atoms with Crippen molar-refractivity contribution in [1.29, 1.82) is 0 Å². The molecule has 0 radical (unpaired) electrons. The maximum absolute atomic E-state index is 5.79. The third-order valence-electron chi connectivity index (χ3n) is 3.51. The Balaban J connectivity index is 2.06. The average Bonchev–Trinajstić information content (AvgIpc) is 2.89. The molecule has 0 aliphatic heterocycles. The summed E-state index contributed by atoms with van der Waals surface area (Å²) in [6.45, 7) is 4.43. The third-order valence-corrected chi connectivity index (χ3v) is 4.84. The molecule has 1 aliphatic carbocycles. The molecule has 2 N–H and O–H groups in total. The first-order chi connectivity index (χ1) is 8.69. The summed E-state index contributed by atoms with van der Waals surface area (Å²) in [6.07, 6.45) is 6.13. The minimum atomic E-state index is 0.381. The van der Waals surface area contributed by atoms with Crippen LogP contribution in [0, 0.1) is 0 Å². The summed E-state index contributed by atoms with van der Waals surface area (Å²) in [5.41, 5.74) is 5.79. The summed E-state index contributed by atoms with van der Waals surface area (Å²) in [4.78, 5) is 13.2. The molecule has 1 saturated carbocycles. The van der Waals surface area contributed by atoms with Crippen LogP contribution < -0.4 is 5.73 Å². The Morgan fingerprint density at radius 2 is 2.00 bits per heavy atom. The van der Waals surface area contributed by atoms with E-state index in [-0.39, 0.29) is 0 Å². The van der Waals surface area contributed by atoms with Gasteiger partial charge in [-0.1, -0.05) is 26.7 Å². The summed E-state index contributed by atoms with van der Waals surface area (Å²) < 4.78 is 0. The highest BCUT2D eigenvalue weighted by Gasteiger charge is 2.21. The molecule has 1 fully saturated rings. The van der Waals surface area contributed by atoms with Crippen LogP contribution in [0.25, 0.3) is 0 Å². The molecule has 2 rings (SSSR count). The van der Waals surface area contributed by atoms with Crippen LogP contribution in [0.1, 0.15) is 63.5 Å². The fraction of sp³-hybridized carbons (Fsp3) is 0.769. The van der Waals surface area contributed by atoms with Gasteiger partial charge in [0.15, 0.2) is 0 Å². The van der Waals surface area contributed by atoms with E-state index >= 15 is 0 Å². The summed E-state index contributed by atoms with van der Waals surface area (Å²) in [5, 5.41) is 0.637. The van der Waals surface area contributed by atoms with Gasteiger partial charge >= 0.3 is 0 Å². The van der Waals surface area contributed by atoms with E-state index in [1.807, 2.05) is 11.8 Å². The number of nitrogens with zero attached hydrogens (tertiary/aromatic N) is 3. The fourth-order valence-electron chi connectivity index (χ4n) is 2.22. The molecule has 1 atom stereocenters. The lowest BCUT2D eigenvalue weighted by Crippen LogP contribution is -2.09. The van der Waals surface area contributed by atoms with Gasteiger partial charge in [0.25, 0.3) is 0 Å². The maximum atomic E-state index is 5.79. The van der Waals surface area contributed by atoms with Gasteiger partial charge in [0.1, 0.15) is 11.6 Å². The van der Waals surface area contributed by atoms with Crippen molar-refractivity contribution in [3.8, 4) is 0 Å². The van der Waals surface area contributed by atoms with Crippen molar-refractivity contribution in [2.45, 2.75) is 62.9 Å². The molecule has 0 saturated heterocycles. The van der Waals surface area contributed by atoms with Gasteiger partial charge in [-0.2, -0.15) is 21.7 Å². The second-order valence-electron chi connectivity index (χ2n) is 4.98. The van der Waals surface area contributed by atoms with Crippen LogP contribution in [0.2, 0.25) is 0 Å². The molecule has 18 heavy (non-hydrogen) atoms. The molecule has 1 aromatic rings. The first-order valence-corrected chi connectivity index (χ1v) is 7.85. The van der Waals surface area contributed by atoms with Gasteiger partial charge in [-0.3, -0.25) is 0 Å². The van der Waals surface area contributed by atoms with Gasteiger partial charge in [-0.25, -0.2) is 4.98 Å². The lowest BCUT2D eigenvalue weighted by atomic mass is 10.1. The molecular formula is C13H22N4S. The molecule has 1 aliphatic rings. The smallest absolute Gasteiger partial charge is 0.223 e. The molecule has 1 unspecified atom stereocenters. The second kappa shape index (κ2) is 6.36. The Morgan fingerprint density at radius 1 is 1.28 bits per heavy atom. The lowest BCUT2D eigenvalue weighted by molar-refractivity contribution is 0.656. The Hall–Kier alpha value is -0.840. The quantitative estimate of drug-likeness (QED) is 0.887. The minimum Gasteiger partial charge on any atom is -0.368 e. The Kier molecular flexibility index (Phi) is 4.80. The minimum absolute atomic E-state index is 0.381. The van der Waals surface area contributed by atoms with Gasteiger partial charge < -0.3 is 5.73 Å². The summed E-state index contributed by atoms with van der Waals surface area (Å²) in [7, 11) is 0. The first kappa shape index (κ1) is 13.6. The number of hydrogen-bond acceptors (Lipinski definition) is 5. The highest BCUT2D eigenvalue weighted by atomic mass is 32.2. The van der Waals surface area contributed by atoms with Crippen molar-refractivity contribution in [3.05, 3.63) is 11.6 Å². The van der Waals surface area contributed by atoms with E-state index in [9.17, 15) is 0 Å². The standard InChI is InChI=1S/C13H22N4S/c1-3-9(2)18-8-11-15-12(17-13(14)16-11)10-6-4-5-7-10/h9-10H,3-8H2,1-2H3,(H2,14,15,16,17). The maximum Gasteiger partial charge on any atom is 0.223 e. The zero-order chi connectivity index (χ0) is 13.0. The number of rotatable bonds is 5. The third kappa shape index (κ3) is 3.57. The summed E-state index contributed by atoms with van der Waals surface area (Å²) in [6, 6.07) is 0. The van der Waals surface area contributed by atoms with Crippen molar-refractivity contribution in [2.24, 2.45) is 0 Å².